The van der Waals surface area contributed by atoms with Crippen LogP contribution in [0.25, 0.3) is 11.4 Å². The van der Waals surface area contributed by atoms with Crippen molar-refractivity contribution in [2.75, 3.05) is 13.2 Å². The van der Waals surface area contributed by atoms with E-state index in [-0.39, 0.29) is 4.90 Å². The van der Waals surface area contributed by atoms with Crippen molar-refractivity contribution < 1.29 is 18.6 Å². The number of tetrazole rings is 1. The summed E-state index contributed by atoms with van der Waals surface area (Å²) in [7, 11) is -3.86. The molecule has 11 heteroatoms. The van der Waals surface area contributed by atoms with Gasteiger partial charge in [-0.1, -0.05) is 0 Å². The Morgan fingerprint density at radius 3 is 2.33 bits per heavy atom. The maximum absolute atomic E-state index is 12.2. The van der Waals surface area contributed by atoms with Gasteiger partial charge in [-0.25, -0.2) is 13.1 Å². The van der Waals surface area contributed by atoms with Crippen molar-refractivity contribution in [1.82, 2.24) is 29.9 Å². The minimum absolute atomic E-state index is 0.00215. The van der Waals surface area contributed by atoms with Gasteiger partial charge in [0.1, 0.15) is 0 Å². The summed E-state index contributed by atoms with van der Waals surface area (Å²) >= 11 is 0. The van der Waals surface area contributed by atoms with Crippen LogP contribution in [0.5, 0.6) is 0 Å². The first-order chi connectivity index (χ1) is 13.0. The summed E-state index contributed by atoms with van der Waals surface area (Å²) in [5.74, 6) is 0.365. The topological polar surface area (TPSA) is 143 Å². The van der Waals surface area contributed by atoms with Crippen LogP contribution in [0.4, 0.5) is 0 Å². The van der Waals surface area contributed by atoms with Crippen molar-refractivity contribution in [3.63, 3.8) is 0 Å². The lowest BCUT2D eigenvalue weighted by Crippen LogP contribution is -2.39. The highest BCUT2D eigenvalue weighted by atomic mass is 32.2. The third-order valence-electron chi connectivity index (χ3n) is 3.71. The number of nitrogens with zero attached hydrogens (tertiary/aromatic N) is 5. The first-order valence-electron chi connectivity index (χ1n) is 8.03. The smallest absolute Gasteiger partial charge is 0.240 e. The minimum atomic E-state index is -3.86. The monoisotopic (exact) mass is 390 g/mol. The molecule has 3 N–H and O–H groups in total. The van der Waals surface area contributed by atoms with Crippen molar-refractivity contribution in [2.45, 2.75) is 17.5 Å². The Morgan fingerprint density at radius 1 is 1.04 bits per heavy atom. The number of sulfonamides is 1. The second kappa shape index (κ2) is 8.31. The average Bonchev–Trinajstić information content (AvgIpc) is 3.15. The zero-order valence-corrected chi connectivity index (χ0v) is 15.0. The van der Waals surface area contributed by atoms with Gasteiger partial charge in [0.05, 0.1) is 30.7 Å². The molecule has 0 bridgehead atoms. The highest BCUT2D eigenvalue weighted by molar-refractivity contribution is 7.89. The van der Waals surface area contributed by atoms with E-state index in [0.717, 1.165) is 5.56 Å². The number of hydrogen-bond acceptors (Lipinski definition) is 8. The molecule has 0 amide bonds. The van der Waals surface area contributed by atoms with Gasteiger partial charge in [-0.15, -0.1) is 10.2 Å². The lowest BCUT2D eigenvalue weighted by atomic mass is 10.2. The summed E-state index contributed by atoms with van der Waals surface area (Å²) in [5, 5.41) is 30.3. The summed E-state index contributed by atoms with van der Waals surface area (Å²) in [6.45, 7) is -0.563. The Kier molecular flexibility index (Phi) is 5.86. The van der Waals surface area contributed by atoms with Gasteiger partial charge in [0.15, 0.2) is 0 Å². The number of benzene rings is 1. The van der Waals surface area contributed by atoms with Gasteiger partial charge < -0.3 is 10.2 Å². The number of aliphatic hydroxyl groups excluding tert-OH is 2. The summed E-state index contributed by atoms with van der Waals surface area (Å²) in [6, 6.07) is 8.66. The van der Waals surface area contributed by atoms with E-state index >= 15 is 0 Å². The van der Waals surface area contributed by atoms with Crippen molar-refractivity contribution in [3.8, 4) is 11.4 Å². The zero-order valence-electron chi connectivity index (χ0n) is 14.2. The summed E-state index contributed by atoms with van der Waals surface area (Å²) in [6.07, 6.45) is 3.36. The maximum atomic E-state index is 12.2. The third-order valence-corrected chi connectivity index (χ3v) is 5.25. The molecule has 0 atom stereocenters. The van der Waals surface area contributed by atoms with Crippen LogP contribution in [0.3, 0.4) is 0 Å². The van der Waals surface area contributed by atoms with Crippen LogP contribution in [0.15, 0.2) is 53.7 Å². The molecule has 0 aliphatic rings. The van der Waals surface area contributed by atoms with Gasteiger partial charge >= 0.3 is 0 Å². The van der Waals surface area contributed by atoms with Gasteiger partial charge in [0.2, 0.25) is 15.8 Å². The molecular weight excluding hydrogens is 372 g/mol. The van der Waals surface area contributed by atoms with Crippen LogP contribution in [-0.2, 0) is 16.6 Å². The van der Waals surface area contributed by atoms with E-state index < -0.39 is 29.3 Å². The van der Waals surface area contributed by atoms with Gasteiger partial charge in [0.25, 0.3) is 0 Å². The highest BCUT2D eigenvalue weighted by Crippen LogP contribution is 2.17. The van der Waals surface area contributed by atoms with E-state index in [2.05, 4.69) is 25.1 Å². The van der Waals surface area contributed by atoms with Crippen molar-refractivity contribution in [2.24, 2.45) is 0 Å². The Bertz CT molecular complexity index is 972. The number of nitrogens with one attached hydrogen (secondary N) is 1. The zero-order chi connectivity index (χ0) is 19.3. The standard InChI is InChI=1S/C16H18N6O4S/c23-10-14(11-24)20-27(25,26)15-3-1-13(2-4-15)16-18-21-22(19-16)9-12-5-7-17-8-6-12/h1-8,14,20,23-24H,9-11H2. The second-order valence-electron chi connectivity index (χ2n) is 5.71. The largest absolute Gasteiger partial charge is 0.395 e. The number of aliphatic hydroxyl groups is 2. The number of pyridine rings is 1. The summed E-state index contributed by atoms with van der Waals surface area (Å²) in [4.78, 5) is 5.39. The summed E-state index contributed by atoms with van der Waals surface area (Å²) < 4.78 is 26.7. The average molecular weight is 390 g/mol. The fourth-order valence-electron chi connectivity index (χ4n) is 2.28. The van der Waals surface area contributed by atoms with Crippen molar-refractivity contribution in [1.29, 1.82) is 0 Å². The Hall–Kier alpha value is -2.73. The van der Waals surface area contributed by atoms with E-state index in [4.69, 9.17) is 10.2 Å². The number of hydrogen-bond donors (Lipinski definition) is 3. The molecule has 0 unspecified atom stereocenters. The molecule has 2 heterocycles. The maximum Gasteiger partial charge on any atom is 0.240 e. The molecule has 142 valence electrons. The van der Waals surface area contributed by atoms with E-state index in [1.54, 1.807) is 24.5 Å². The Balaban J connectivity index is 1.74. The molecule has 0 saturated carbocycles. The van der Waals surface area contributed by atoms with Crippen LogP contribution in [0.2, 0.25) is 0 Å². The molecule has 0 fully saturated rings. The van der Waals surface area contributed by atoms with Crippen LogP contribution < -0.4 is 4.72 Å². The first-order valence-corrected chi connectivity index (χ1v) is 9.51. The predicted octanol–water partition coefficient (Wildman–Crippen LogP) is -0.585. The van der Waals surface area contributed by atoms with Crippen LogP contribution in [-0.4, -0.2) is 63.1 Å². The quantitative estimate of drug-likeness (QED) is 0.463. The first kappa shape index (κ1) is 19.0. The van der Waals surface area contributed by atoms with Crippen LogP contribution in [0.1, 0.15) is 5.56 Å². The third kappa shape index (κ3) is 4.71. The molecule has 27 heavy (non-hydrogen) atoms. The fraction of sp³-hybridized carbons (Fsp3) is 0.250. The molecular formula is C16H18N6O4S. The minimum Gasteiger partial charge on any atom is -0.395 e. The lowest BCUT2D eigenvalue weighted by Gasteiger charge is -2.13. The van der Waals surface area contributed by atoms with E-state index in [0.29, 0.717) is 17.9 Å². The normalized spacial score (nSPS) is 11.8. The molecule has 3 rings (SSSR count). The fourth-order valence-corrected chi connectivity index (χ4v) is 3.50. The van der Waals surface area contributed by atoms with Gasteiger partial charge in [-0.05, 0) is 47.2 Å². The van der Waals surface area contributed by atoms with Crippen molar-refractivity contribution in [3.05, 3.63) is 54.4 Å². The molecule has 10 nitrogen and oxygen atoms in total. The highest BCUT2D eigenvalue weighted by Gasteiger charge is 2.19. The molecule has 0 aliphatic heterocycles. The number of aromatic nitrogens is 5. The van der Waals surface area contributed by atoms with Crippen LogP contribution >= 0.6 is 0 Å². The predicted molar refractivity (Wildman–Crippen MR) is 94.9 cm³/mol. The molecule has 0 saturated heterocycles. The molecule has 0 aliphatic carbocycles. The van der Waals surface area contributed by atoms with Crippen molar-refractivity contribution >= 4 is 10.0 Å². The Morgan fingerprint density at radius 2 is 1.70 bits per heavy atom. The molecule has 0 spiro atoms. The molecule has 2 aromatic heterocycles. The van der Waals surface area contributed by atoms with Gasteiger partial charge in [-0.3, -0.25) is 4.98 Å². The van der Waals surface area contributed by atoms with E-state index in [1.165, 1.54) is 16.9 Å². The second-order valence-corrected chi connectivity index (χ2v) is 7.42. The van der Waals surface area contributed by atoms with Crippen LogP contribution in [0, 0.1) is 0 Å². The van der Waals surface area contributed by atoms with Gasteiger partial charge in [-0.2, -0.15) is 4.80 Å². The van der Waals surface area contributed by atoms with E-state index in [1.807, 2.05) is 12.1 Å². The number of rotatable bonds is 8. The SMILES string of the molecule is O=S(=O)(NC(CO)CO)c1ccc(-c2nnn(Cc3ccncc3)n2)cc1. The molecule has 3 aromatic rings. The van der Waals surface area contributed by atoms with Gasteiger partial charge in [0, 0.05) is 18.0 Å². The molecule has 1 aromatic carbocycles. The lowest BCUT2D eigenvalue weighted by molar-refractivity contribution is 0.185. The van der Waals surface area contributed by atoms with E-state index in [9.17, 15) is 8.42 Å². The Labute approximate surface area is 155 Å². The molecule has 0 radical (unpaired) electrons. The summed E-state index contributed by atoms with van der Waals surface area (Å²) in [5.41, 5.74) is 1.58.